The van der Waals surface area contributed by atoms with Gasteiger partial charge in [0.2, 0.25) is 0 Å². The summed E-state index contributed by atoms with van der Waals surface area (Å²) in [4.78, 5) is 25.4. The number of nitrogens with zero attached hydrogens (tertiary/aromatic N) is 1. The van der Waals surface area contributed by atoms with E-state index in [9.17, 15) is 19.8 Å². The number of aliphatic carboxylic acids is 1. The molecule has 5 nitrogen and oxygen atoms in total. The molecule has 1 fully saturated rings. The van der Waals surface area contributed by atoms with Gasteiger partial charge in [0.05, 0.1) is 5.56 Å². The van der Waals surface area contributed by atoms with E-state index in [0.717, 1.165) is 12.8 Å². The number of amides is 1. The first kappa shape index (κ1) is 14.8. The Morgan fingerprint density at radius 3 is 2.70 bits per heavy atom. The van der Waals surface area contributed by atoms with Crippen molar-refractivity contribution in [1.82, 2.24) is 4.90 Å². The van der Waals surface area contributed by atoms with Crippen LogP contribution in [0.15, 0.2) is 22.7 Å². The molecule has 1 aliphatic heterocycles. The highest BCUT2D eigenvalue weighted by atomic mass is 79.9. The van der Waals surface area contributed by atoms with Crippen LogP contribution in [0.4, 0.5) is 0 Å². The lowest BCUT2D eigenvalue weighted by Gasteiger charge is -2.41. The fourth-order valence-electron chi connectivity index (χ4n) is 2.49. The van der Waals surface area contributed by atoms with Gasteiger partial charge in [0, 0.05) is 11.0 Å². The molecule has 1 unspecified atom stereocenters. The highest BCUT2D eigenvalue weighted by Crippen LogP contribution is 2.32. The van der Waals surface area contributed by atoms with Gasteiger partial charge in [-0.25, -0.2) is 4.79 Å². The molecule has 1 heterocycles. The second-order valence-electron chi connectivity index (χ2n) is 5.15. The molecule has 1 aliphatic rings. The summed E-state index contributed by atoms with van der Waals surface area (Å²) in [7, 11) is 0. The van der Waals surface area contributed by atoms with E-state index < -0.39 is 17.4 Å². The molecule has 20 heavy (non-hydrogen) atoms. The summed E-state index contributed by atoms with van der Waals surface area (Å²) in [6.45, 7) is 1.94. The fraction of sp³-hybridized carbons (Fsp3) is 0.429. The molecule has 2 rings (SSSR count). The van der Waals surface area contributed by atoms with Gasteiger partial charge in [-0.05, 0) is 44.4 Å². The number of carboxylic acids is 1. The van der Waals surface area contributed by atoms with Crippen molar-refractivity contribution in [3.63, 3.8) is 0 Å². The Kier molecular flexibility index (Phi) is 4.04. The van der Waals surface area contributed by atoms with Crippen molar-refractivity contribution >= 4 is 27.8 Å². The van der Waals surface area contributed by atoms with Gasteiger partial charge in [-0.1, -0.05) is 15.9 Å². The summed E-state index contributed by atoms with van der Waals surface area (Å²) in [5.74, 6) is -1.61. The van der Waals surface area contributed by atoms with Crippen LogP contribution < -0.4 is 0 Å². The first-order valence-electron chi connectivity index (χ1n) is 6.40. The number of carbonyl (C=O) groups excluding carboxylic acids is 1. The van der Waals surface area contributed by atoms with Gasteiger partial charge in [-0.2, -0.15) is 0 Å². The number of piperidine rings is 1. The molecule has 0 aromatic heterocycles. The van der Waals surface area contributed by atoms with Crippen LogP contribution in [0.25, 0.3) is 0 Å². The Morgan fingerprint density at radius 2 is 2.05 bits per heavy atom. The monoisotopic (exact) mass is 341 g/mol. The standard InChI is InChI=1S/C14H16BrNO4/c1-14(13(19)20)6-2-3-7-16(14)12(18)10-8-9(15)4-5-11(10)17/h4-5,8,17H,2-3,6-7H2,1H3,(H,19,20). The Bertz CT molecular complexity index is 560. The van der Waals surface area contributed by atoms with E-state index in [2.05, 4.69) is 15.9 Å². The van der Waals surface area contributed by atoms with Crippen LogP contribution in [0.5, 0.6) is 5.75 Å². The number of likely N-dealkylation sites (tertiary alicyclic amines) is 1. The Morgan fingerprint density at radius 1 is 1.35 bits per heavy atom. The minimum atomic E-state index is -1.22. The summed E-state index contributed by atoms with van der Waals surface area (Å²) >= 11 is 3.25. The maximum atomic E-state index is 12.6. The smallest absolute Gasteiger partial charge is 0.329 e. The molecule has 1 aromatic rings. The third kappa shape index (κ3) is 2.52. The number of hydrogen-bond acceptors (Lipinski definition) is 3. The molecule has 0 radical (unpaired) electrons. The van der Waals surface area contributed by atoms with E-state index in [0.29, 0.717) is 17.4 Å². The molecule has 1 saturated heterocycles. The van der Waals surface area contributed by atoms with E-state index >= 15 is 0 Å². The lowest BCUT2D eigenvalue weighted by atomic mass is 9.87. The number of phenols is 1. The second-order valence-corrected chi connectivity index (χ2v) is 6.07. The molecule has 0 aliphatic carbocycles. The van der Waals surface area contributed by atoms with Crippen molar-refractivity contribution < 1.29 is 19.8 Å². The average molecular weight is 342 g/mol. The van der Waals surface area contributed by atoms with Gasteiger partial charge < -0.3 is 15.1 Å². The van der Waals surface area contributed by atoms with E-state index in [1.54, 1.807) is 13.0 Å². The van der Waals surface area contributed by atoms with E-state index in [1.807, 2.05) is 0 Å². The number of hydrogen-bond donors (Lipinski definition) is 2. The lowest BCUT2D eigenvalue weighted by molar-refractivity contribution is -0.150. The van der Waals surface area contributed by atoms with Gasteiger partial charge in [0.15, 0.2) is 0 Å². The quantitative estimate of drug-likeness (QED) is 0.866. The SMILES string of the molecule is CC1(C(=O)O)CCCCN1C(=O)c1cc(Br)ccc1O. The predicted octanol–water partition coefficient (Wildman–Crippen LogP) is 2.62. The van der Waals surface area contributed by atoms with Crippen molar-refractivity contribution in [3.05, 3.63) is 28.2 Å². The van der Waals surface area contributed by atoms with Gasteiger partial charge in [-0.15, -0.1) is 0 Å². The number of halogens is 1. The molecule has 1 atom stereocenters. The summed E-state index contributed by atoms with van der Waals surface area (Å²) in [6.07, 6.45) is 1.96. The van der Waals surface area contributed by atoms with Crippen LogP contribution in [0, 0.1) is 0 Å². The third-order valence-corrected chi connectivity index (χ3v) is 4.28. The first-order valence-corrected chi connectivity index (χ1v) is 7.19. The Labute approximate surface area is 125 Å². The zero-order valence-corrected chi connectivity index (χ0v) is 12.7. The van der Waals surface area contributed by atoms with Gasteiger partial charge in [0.1, 0.15) is 11.3 Å². The van der Waals surface area contributed by atoms with E-state index in [4.69, 9.17) is 0 Å². The van der Waals surface area contributed by atoms with Crippen molar-refractivity contribution in [3.8, 4) is 5.75 Å². The molecule has 1 amide bonds. The topological polar surface area (TPSA) is 77.8 Å². The minimum Gasteiger partial charge on any atom is -0.507 e. The molecular formula is C14H16BrNO4. The third-order valence-electron chi connectivity index (χ3n) is 3.79. The van der Waals surface area contributed by atoms with Crippen LogP contribution >= 0.6 is 15.9 Å². The highest BCUT2D eigenvalue weighted by molar-refractivity contribution is 9.10. The maximum Gasteiger partial charge on any atom is 0.329 e. The number of carboxylic acid groups (broad SMARTS) is 1. The molecule has 0 saturated carbocycles. The number of rotatable bonds is 2. The van der Waals surface area contributed by atoms with Crippen molar-refractivity contribution in [2.75, 3.05) is 6.54 Å². The van der Waals surface area contributed by atoms with Crippen molar-refractivity contribution in [1.29, 1.82) is 0 Å². The van der Waals surface area contributed by atoms with Crippen LogP contribution in [-0.4, -0.2) is 39.1 Å². The lowest BCUT2D eigenvalue weighted by Crippen LogP contribution is -2.57. The summed E-state index contributed by atoms with van der Waals surface area (Å²) in [5.41, 5.74) is -1.10. The molecule has 108 valence electrons. The highest BCUT2D eigenvalue weighted by Gasteiger charge is 2.44. The number of carbonyl (C=O) groups is 2. The largest absolute Gasteiger partial charge is 0.507 e. The summed E-state index contributed by atoms with van der Waals surface area (Å²) in [6, 6.07) is 4.55. The normalized spacial score (nSPS) is 22.6. The van der Waals surface area contributed by atoms with Crippen LogP contribution in [-0.2, 0) is 4.79 Å². The molecule has 1 aromatic carbocycles. The number of aromatic hydroxyl groups is 1. The molecule has 0 bridgehead atoms. The van der Waals surface area contributed by atoms with Gasteiger partial charge >= 0.3 is 5.97 Å². The Balaban J connectivity index is 2.40. The summed E-state index contributed by atoms with van der Waals surface area (Å²) < 4.78 is 0.660. The maximum absolute atomic E-state index is 12.6. The van der Waals surface area contributed by atoms with Crippen molar-refractivity contribution in [2.24, 2.45) is 0 Å². The fourth-order valence-corrected chi connectivity index (χ4v) is 2.85. The zero-order chi connectivity index (χ0) is 14.9. The van der Waals surface area contributed by atoms with Gasteiger partial charge in [0.25, 0.3) is 5.91 Å². The summed E-state index contributed by atoms with van der Waals surface area (Å²) in [5, 5.41) is 19.3. The zero-order valence-electron chi connectivity index (χ0n) is 11.1. The Hall–Kier alpha value is -1.56. The van der Waals surface area contributed by atoms with Crippen molar-refractivity contribution in [2.45, 2.75) is 31.7 Å². The number of phenolic OH excluding ortho intramolecular Hbond substituents is 1. The van der Waals surface area contributed by atoms with Crippen LogP contribution in [0.1, 0.15) is 36.5 Å². The van der Waals surface area contributed by atoms with Crippen LogP contribution in [0.3, 0.4) is 0 Å². The molecular weight excluding hydrogens is 326 g/mol. The van der Waals surface area contributed by atoms with E-state index in [1.165, 1.54) is 17.0 Å². The molecule has 6 heteroatoms. The van der Waals surface area contributed by atoms with E-state index in [-0.39, 0.29) is 11.3 Å². The second kappa shape index (κ2) is 5.44. The average Bonchev–Trinajstić information content (AvgIpc) is 2.41. The minimum absolute atomic E-state index is 0.119. The number of benzene rings is 1. The van der Waals surface area contributed by atoms with Crippen LogP contribution in [0.2, 0.25) is 0 Å². The first-order chi connectivity index (χ1) is 9.36. The molecule has 2 N–H and O–H groups in total. The van der Waals surface area contributed by atoms with Gasteiger partial charge in [-0.3, -0.25) is 4.79 Å². The predicted molar refractivity (Wildman–Crippen MR) is 76.7 cm³/mol. The molecule has 0 spiro atoms.